The fourth-order valence-electron chi connectivity index (χ4n) is 4.59. The Hall–Kier alpha value is -1.46. The molecule has 1 aromatic heterocycles. The third-order valence-corrected chi connectivity index (χ3v) is 7.40. The van der Waals surface area contributed by atoms with Crippen LogP contribution in [0.25, 0.3) is 20.2 Å². The van der Waals surface area contributed by atoms with Gasteiger partial charge in [0.1, 0.15) is 0 Å². The largest absolute Gasteiger partial charge is 0.302 e. The summed E-state index contributed by atoms with van der Waals surface area (Å²) in [6.45, 7) is 11.1. The van der Waals surface area contributed by atoms with Crippen molar-refractivity contribution in [3.05, 3.63) is 48.0 Å². The first-order valence-electron chi connectivity index (χ1n) is 10.4. The molecule has 3 heterocycles. The van der Waals surface area contributed by atoms with E-state index >= 15 is 0 Å². The van der Waals surface area contributed by atoms with Crippen molar-refractivity contribution in [2.45, 2.75) is 19.4 Å². The number of hydrogen-bond donors (Lipinski definition) is 0. The highest BCUT2D eigenvalue weighted by molar-refractivity contribution is 7.25. The summed E-state index contributed by atoms with van der Waals surface area (Å²) in [7, 11) is 0. The van der Waals surface area contributed by atoms with Crippen LogP contribution in [0.15, 0.2) is 42.5 Å². The third-order valence-electron chi connectivity index (χ3n) is 6.24. The van der Waals surface area contributed by atoms with E-state index in [0.29, 0.717) is 0 Å². The summed E-state index contributed by atoms with van der Waals surface area (Å²) in [4.78, 5) is 7.92. The van der Waals surface area contributed by atoms with Gasteiger partial charge in [-0.15, -0.1) is 11.3 Å². The molecule has 2 aliphatic rings. The van der Waals surface area contributed by atoms with Crippen molar-refractivity contribution in [2.24, 2.45) is 0 Å². The van der Waals surface area contributed by atoms with Gasteiger partial charge in [-0.2, -0.15) is 0 Å². The van der Waals surface area contributed by atoms with Crippen molar-refractivity contribution < 1.29 is 0 Å². The molecular formula is C23H29N3S. The molecular weight excluding hydrogens is 350 g/mol. The van der Waals surface area contributed by atoms with Crippen LogP contribution in [0.3, 0.4) is 0 Å². The quantitative estimate of drug-likeness (QED) is 0.655. The Balaban J connectivity index is 1.19. The predicted octanol–water partition coefficient (Wildman–Crippen LogP) is 4.27. The number of piperazine rings is 1. The second-order valence-electron chi connectivity index (χ2n) is 8.10. The van der Waals surface area contributed by atoms with Crippen LogP contribution in [-0.2, 0) is 6.54 Å². The molecule has 0 bridgehead atoms. The molecule has 0 radical (unpaired) electrons. The van der Waals surface area contributed by atoms with Gasteiger partial charge in [0.15, 0.2) is 0 Å². The molecule has 0 aliphatic carbocycles. The SMILES string of the molecule is c1ccc2c(c1)sc1ccc(CN3CCN(CCN4CCCC4)CC3)cc12. The van der Waals surface area contributed by atoms with Gasteiger partial charge in [0.25, 0.3) is 0 Å². The number of hydrogen-bond acceptors (Lipinski definition) is 4. The van der Waals surface area contributed by atoms with E-state index in [9.17, 15) is 0 Å². The summed E-state index contributed by atoms with van der Waals surface area (Å²) >= 11 is 1.91. The van der Waals surface area contributed by atoms with Gasteiger partial charge >= 0.3 is 0 Å². The first-order chi connectivity index (χ1) is 13.3. The molecule has 0 N–H and O–H groups in total. The van der Waals surface area contributed by atoms with Crippen molar-refractivity contribution in [2.75, 3.05) is 52.4 Å². The molecule has 5 rings (SSSR count). The Labute approximate surface area is 166 Å². The fourth-order valence-corrected chi connectivity index (χ4v) is 5.68. The van der Waals surface area contributed by atoms with Crippen LogP contribution in [0, 0.1) is 0 Å². The molecule has 2 aromatic carbocycles. The van der Waals surface area contributed by atoms with Crippen molar-refractivity contribution in [3.8, 4) is 0 Å². The summed E-state index contributed by atoms with van der Waals surface area (Å²) in [5.41, 5.74) is 1.46. The number of likely N-dealkylation sites (tertiary alicyclic amines) is 1. The van der Waals surface area contributed by atoms with Crippen LogP contribution in [0.2, 0.25) is 0 Å². The van der Waals surface area contributed by atoms with Crippen LogP contribution < -0.4 is 0 Å². The second kappa shape index (κ2) is 7.88. The van der Waals surface area contributed by atoms with Gasteiger partial charge < -0.3 is 4.90 Å². The molecule has 2 fully saturated rings. The van der Waals surface area contributed by atoms with Gasteiger partial charge in [-0.3, -0.25) is 9.80 Å². The Kier molecular flexibility index (Phi) is 5.14. The van der Waals surface area contributed by atoms with E-state index in [1.807, 2.05) is 11.3 Å². The summed E-state index contributed by atoms with van der Waals surface area (Å²) in [6, 6.07) is 15.9. The zero-order valence-corrected chi connectivity index (χ0v) is 16.9. The maximum Gasteiger partial charge on any atom is 0.0355 e. The van der Waals surface area contributed by atoms with E-state index in [4.69, 9.17) is 0 Å². The minimum Gasteiger partial charge on any atom is -0.302 e. The zero-order chi connectivity index (χ0) is 18.1. The predicted molar refractivity (Wildman–Crippen MR) is 117 cm³/mol. The lowest BCUT2D eigenvalue weighted by Crippen LogP contribution is -2.47. The summed E-state index contributed by atoms with van der Waals surface area (Å²) in [5, 5.41) is 2.84. The van der Waals surface area contributed by atoms with Gasteiger partial charge in [0, 0.05) is 66.0 Å². The van der Waals surface area contributed by atoms with Crippen LogP contribution in [-0.4, -0.2) is 67.1 Å². The van der Waals surface area contributed by atoms with E-state index in [0.717, 1.165) is 6.54 Å². The lowest BCUT2D eigenvalue weighted by Gasteiger charge is -2.35. The molecule has 0 amide bonds. The minimum atomic E-state index is 1.08. The number of fused-ring (bicyclic) bond motifs is 3. The third kappa shape index (κ3) is 3.90. The fraction of sp³-hybridized carbons (Fsp3) is 0.478. The number of benzene rings is 2. The van der Waals surface area contributed by atoms with Gasteiger partial charge in [-0.1, -0.05) is 24.3 Å². The summed E-state index contributed by atoms with van der Waals surface area (Å²) < 4.78 is 2.81. The van der Waals surface area contributed by atoms with Gasteiger partial charge in [0.05, 0.1) is 0 Å². The van der Waals surface area contributed by atoms with Crippen LogP contribution in [0.4, 0.5) is 0 Å². The molecule has 2 aliphatic heterocycles. The smallest absolute Gasteiger partial charge is 0.0355 e. The molecule has 3 nitrogen and oxygen atoms in total. The van der Waals surface area contributed by atoms with E-state index in [1.165, 1.54) is 90.9 Å². The van der Waals surface area contributed by atoms with Crippen LogP contribution in [0.1, 0.15) is 18.4 Å². The molecule has 0 unspecified atom stereocenters. The maximum atomic E-state index is 2.66. The molecule has 0 spiro atoms. The van der Waals surface area contributed by atoms with Crippen LogP contribution >= 0.6 is 11.3 Å². The van der Waals surface area contributed by atoms with Crippen molar-refractivity contribution in [1.82, 2.24) is 14.7 Å². The van der Waals surface area contributed by atoms with E-state index in [1.54, 1.807) is 0 Å². The second-order valence-corrected chi connectivity index (χ2v) is 9.18. The minimum absolute atomic E-state index is 1.08. The first-order valence-corrected chi connectivity index (χ1v) is 11.2. The number of thiophene rings is 1. The van der Waals surface area contributed by atoms with Crippen molar-refractivity contribution >= 4 is 31.5 Å². The lowest BCUT2D eigenvalue weighted by molar-refractivity contribution is 0.117. The molecule has 3 aromatic rings. The monoisotopic (exact) mass is 379 g/mol. The Morgan fingerprint density at radius 1 is 0.667 bits per heavy atom. The van der Waals surface area contributed by atoms with E-state index in [-0.39, 0.29) is 0 Å². The number of rotatable bonds is 5. The van der Waals surface area contributed by atoms with E-state index in [2.05, 4.69) is 57.2 Å². The average molecular weight is 380 g/mol. The standard InChI is InChI=1S/C23H29N3S/c1-2-6-22-20(5-1)21-17-19(7-8-23(21)27-22)18-26-15-13-25(14-16-26)12-11-24-9-3-4-10-24/h1-2,5-8,17H,3-4,9-16,18H2. The number of nitrogens with zero attached hydrogens (tertiary/aromatic N) is 3. The zero-order valence-electron chi connectivity index (χ0n) is 16.1. The molecule has 2 saturated heterocycles. The molecule has 27 heavy (non-hydrogen) atoms. The normalized spacial score (nSPS) is 20.1. The van der Waals surface area contributed by atoms with Gasteiger partial charge in [-0.25, -0.2) is 0 Å². The van der Waals surface area contributed by atoms with Crippen molar-refractivity contribution in [1.29, 1.82) is 0 Å². The highest BCUT2D eigenvalue weighted by Gasteiger charge is 2.19. The Morgan fingerprint density at radius 2 is 1.33 bits per heavy atom. The summed E-state index contributed by atoms with van der Waals surface area (Å²) in [6.07, 6.45) is 2.80. The van der Waals surface area contributed by atoms with Gasteiger partial charge in [-0.05, 0) is 49.7 Å². The highest BCUT2D eigenvalue weighted by Crippen LogP contribution is 2.34. The van der Waals surface area contributed by atoms with Gasteiger partial charge in [0.2, 0.25) is 0 Å². The van der Waals surface area contributed by atoms with Crippen LogP contribution in [0.5, 0.6) is 0 Å². The molecule has 0 atom stereocenters. The summed E-state index contributed by atoms with van der Waals surface area (Å²) in [5.74, 6) is 0. The average Bonchev–Trinajstić information content (AvgIpc) is 3.35. The molecule has 4 heteroatoms. The van der Waals surface area contributed by atoms with Crippen molar-refractivity contribution in [3.63, 3.8) is 0 Å². The topological polar surface area (TPSA) is 9.72 Å². The lowest BCUT2D eigenvalue weighted by atomic mass is 10.1. The Bertz CT molecular complexity index is 904. The first kappa shape index (κ1) is 17.6. The molecule has 0 saturated carbocycles. The Morgan fingerprint density at radius 3 is 2.15 bits per heavy atom. The van der Waals surface area contributed by atoms with E-state index < -0.39 is 0 Å². The molecule has 142 valence electrons. The maximum absolute atomic E-state index is 2.66. The highest BCUT2D eigenvalue weighted by atomic mass is 32.1.